The second-order valence-electron chi connectivity index (χ2n) is 11.5. The summed E-state index contributed by atoms with van der Waals surface area (Å²) < 4.78 is 41.8. The lowest BCUT2D eigenvalue weighted by atomic mass is 9.84. The molecule has 0 saturated carbocycles. The number of ether oxygens (including phenoxy) is 1. The number of hydrogen-bond acceptors (Lipinski definition) is 5. The highest BCUT2D eigenvalue weighted by Gasteiger charge is 2.33. The summed E-state index contributed by atoms with van der Waals surface area (Å²) in [5.41, 5.74) is 9.37. The lowest BCUT2D eigenvalue weighted by molar-refractivity contribution is 0.424. The van der Waals surface area contributed by atoms with E-state index >= 15 is 0 Å². The van der Waals surface area contributed by atoms with Crippen LogP contribution in [0.5, 0.6) is 5.75 Å². The average Bonchev–Trinajstić information content (AvgIpc) is 2.95. The Bertz CT molecular complexity index is 1950. The highest BCUT2D eigenvalue weighted by molar-refractivity contribution is 7.86. The fourth-order valence-corrected chi connectivity index (χ4v) is 6.58. The zero-order valence-electron chi connectivity index (χ0n) is 24.8. The molecule has 1 aliphatic carbocycles. The Hall–Kier alpha value is -4.59. The first-order valence-corrected chi connectivity index (χ1v) is 15.6. The van der Waals surface area contributed by atoms with E-state index in [1.807, 2.05) is 42.5 Å². The highest BCUT2D eigenvalue weighted by atomic mass is 32.2. The molecule has 43 heavy (non-hydrogen) atoms. The molecule has 2 aliphatic rings. The summed E-state index contributed by atoms with van der Waals surface area (Å²) >= 11 is 0. The van der Waals surface area contributed by atoms with Gasteiger partial charge in [0.05, 0.1) is 5.54 Å². The Kier molecular flexibility index (Phi) is 7.03. The number of benzene rings is 4. The Morgan fingerprint density at radius 3 is 2.05 bits per heavy atom. The number of para-hydroxylation sites is 2. The molecule has 0 saturated heterocycles. The second kappa shape index (κ2) is 10.6. The second-order valence-corrected chi connectivity index (χ2v) is 12.9. The Balaban J connectivity index is 1.52. The molecule has 3 N–H and O–H groups in total. The fourth-order valence-electron chi connectivity index (χ4n) is 5.89. The smallest absolute Gasteiger partial charge is 0.295 e. The number of rotatable bonds is 6. The van der Waals surface area contributed by atoms with Crippen LogP contribution in [0.15, 0.2) is 113 Å². The third-order valence-corrected chi connectivity index (χ3v) is 9.00. The van der Waals surface area contributed by atoms with Crippen LogP contribution >= 0.6 is 0 Å². The minimum Gasteiger partial charge on any atom is -0.456 e. The van der Waals surface area contributed by atoms with Gasteiger partial charge in [-0.05, 0) is 81.1 Å². The van der Waals surface area contributed by atoms with Gasteiger partial charge in [0.2, 0.25) is 0 Å². The first kappa shape index (κ1) is 28.5. The number of anilines is 3. The van der Waals surface area contributed by atoms with Crippen LogP contribution in [0.2, 0.25) is 0 Å². The van der Waals surface area contributed by atoms with Crippen molar-refractivity contribution in [2.24, 2.45) is 0 Å². The van der Waals surface area contributed by atoms with E-state index in [9.17, 15) is 13.0 Å². The molecule has 0 fully saturated rings. The van der Waals surface area contributed by atoms with Gasteiger partial charge in [-0.25, -0.2) is 0 Å². The largest absolute Gasteiger partial charge is 0.456 e. The van der Waals surface area contributed by atoms with Crippen molar-refractivity contribution in [3.63, 3.8) is 0 Å². The van der Waals surface area contributed by atoms with E-state index in [1.54, 1.807) is 18.2 Å². The summed E-state index contributed by atoms with van der Waals surface area (Å²) in [7, 11) is -4.50. The van der Waals surface area contributed by atoms with Gasteiger partial charge in [0.25, 0.3) is 10.1 Å². The SMILES string of the molecule is Cc1cccc(C)c1Nc1ccc2c(c1)OC1=CC(C)(Nc3c(C)cccc3C)C=CC1=C2c1ccccc1S(=O)(=O)O. The third-order valence-electron chi connectivity index (χ3n) is 8.09. The van der Waals surface area contributed by atoms with Gasteiger partial charge >= 0.3 is 0 Å². The van der Waals surface area contributed by atoms with Crippen molar-refractivity contribution < 1.29 is 17.7 Å². The van der Waals surface area contributed by atoms with Crippen LogP contribution in [0.1, 0.15) is 40.3 Å². The van der Waals surface area contributed by atoms with Crippen molar-refractivity contribution in [1.82, 2.24) is 0 Å². The number of nitrogens with one attached hydrogen (secondary N) is 2. The first-order chi connectivity index (χ1) is 20.4. The Morgan fingerprint density at radius 2 is 1.40 bits per heavy atom. The van der Waals surface area contributed by atoms with Gasteiger partial charge in [0.15, 0.2) is 0 Å². The molecule has 1 unspecified atom stereocenters. The van der Waals surface area contributed by atoms with Gasteiger partial charge in [0.1, 0.15) is 16.4 Å². The minimum atomic E-state index is -4.50. The average molecular weight is 591 g/mol. The van der Waals surface area contributed by atoms with Crippen molar-refractivity contribution >= 4 is 32.8 Å². The summed E-state index contributed by atoms with van der Waals surface area (Å²) in [5, 5.41) is 7.22. The number of fused-ring (bicyclic) bond motifs is 2. The molecule has 1 heterocycles. The Labute approximate surface area is 253 Å². The maximum Gasteiger partial charge on any atom is 0.295 e. The van der Waals surface area contributed by atoms with Gasteiger partial charge in [-0.15, -0.1) is 0 Å². The molecule has 7 heteroatoms. The highest BCUT2D eigenvalue weighted by Crippen LogP contribution is 2.47. The van der Waals surface area contributed by atoms with Crippen molar-refractivity contribution in [1.29, 1.82) is 0 Å². The van der Waals surface area contributed by atoms with Crippen LogP contribution in [0.4, 0.5) is 17.1 Å². The molecule has 218 valence electrons. The van der Waals surface area contributed by atoms with E-state index in [0.717, 1.165) is 50.5 Å². The number of allylic oxidation sites excluding steroid dienone is 1. The molecule has 0 amide bonds. The van der Waals surface area contributed by atoms with Crippen LogP contribution in [0, 0.1) is 27.7 Å². The maximum absolute atomic E-state index is 12.5. The predicted octanol–water partition coefficient (Wildman–Crippen LogP) is 8.43. The van der Waals surface area contributed by atoms with Gasteiger partial charge in [-0.1, -0.05) is 66.7 Å². The molecule has 6 rings (SSSR count). The molecular weight excluding hydrogens is 556 g/mol. The molecule has 4 aromatic carbocycles. The maximum atomic E-state index is 12.5. The monoisotopic (exact) mass is 590 g/mol. The van der Waals surface area contributed by atoms with E-state index in [1.165, 1.54) is 6.07 Å². The van der Waals surface area contributed by atoms with Gasteiger partial charge in [-0.3, -0.25) is 4.55 Å². The van der Waals surface area contributed by atoms with E-state index in [-0.39, 0.29) is 4.90 Å². The first-order valence-electron chi connectivity index (χ1n) is 14.2. The van der Waals surface area contributed by atoms with Crippen molar-refractivity contribution in [2.75, 3.05) is 10.6 Å². The zero-order valence-corrected chi connectivity index (χ0v) is 25.6. The van der Waals surface area contributed by atoms with Crippen LogP contribution in [-0.2, 0) is 10.1 Å². The lowest BCUT2D eigenvalue weighted by Gasteiger charge is -2.34. The van der Waals surface area contributed by atoms with Crippen molar-refractivity contribution in [3.8, 4) is 5.75 Å². The van der Waals surface area contributed by atoms with Crippen LogP contribution in [0.25, 0.3) is 5.57 Å². The lowest BCUT2D eigenvalue weighted by Crippen LogP contribution is -2.34. The summed E-state index contributed by atoms with van der Waals surface area (Å²) in [6, 6.07) is 24.7. The number of hydrogen-bond donors (Lipinski definition) is 3. The van der Waals surface area contributed by atoms with Crippen LogP contribution < -0.4 is 15.4 Å². The van der Waals surface area contributed by atoms with Gasteiger partial charge in [-0.2, -0.15) is 8.42 Å². The molecule has 6 nitrogen and oxygen atoms in total. The quantitative estimate of drug-likeness (QED) is 0.195. The zero-order chi connectivity index (χ0) is 30.5. The molecule has 0 aromatic heterocycles. The van der Waals surface area contributed by atoms with Crippen LogP contribution in [0.3, 0.4) is 0 Å². The topological polar surface area (TPSA) is 87.7 Å². The van der Waals surface area contributed by atoms with Crippen LogP contribution in [-0.4, -0.2) is 18.5 Å². The van der Waals surface area contributed by atoms with Crippen molar-refractivity contribution in [3.05, 3.63) is 142 Å². The van der Waals surface area contributed by atoms with Gasteiger partial charge in [0, 0.05) is 45.4 Å². The van der Waals surface area contributed by atoms with Gasteiger partial charge < -0.3 is 15.4 Å². The standard InChI is InChI=1S/C36H34N2O4S/c1-22-10-8-11-23(2)34(22)37-26-16-17-27-30(20-26)42-31-21-36(5,38-35-24(3)12-9-13-25(35)4)19-18-28(31)33(27)29-14-6-7-15-32(29)43(39,40)41/h6-21,37-38H,1-5H3,(H,39,40,41). The van der Waals surface area contributed by atoms with E-state index < -0.39 is 15.7 Å². The molecule has 4 aromatic rings. The molecular formula is C36H34N2O4S. The van der Waals surface area contributed by atoms with Crippen molar-refractivity contribution in [2.45, 2.75) is 45.1 Å². The molecule has 0 bridgehead atoms. The van der Waals surface area contributed by atoms with E-state index in [2.05, 4.69) is 75.6 Å². The number of aryl methyl sites for hydroxylation is 4. The summed E-state index contributed by atoms with van der Waals surface area (Å²) in [6.45, 7) is 10.3. The molecule has 0 radical (unpaired) electrons. The summed E-state index contributed by atoms with van der Waals surface area (Å²) in [6.07, 6.45) is 6.05. The van der Waals surface area contributed by atoms with E-state index in [4.69, 9.17) is 4.74 Å². The fraction of sp³-hybridized carbons (Fsp3) is 0.167. The third kappa shape index (κ3) is 5.38. The molecule has 0 spiro atoms. The summed E-state index contributed by atoms with van der Waals surface area (Å²) in [5.74, 6) is 1.18. The summed E-state index contributed by atoms with van der Waals surface area (Å²) in [4.78, 5) is -0.155. The molecule has 1 aliphatic heterocycles. The van der Waals surface area contributed by atoms with E-state index in [0.29, 0.717) is 22.6 Å². The normalized spacial score (nSPS) is 17.5. The molecule has 1 atom stereocenters. The predicted molar refractivity (Wildman–Crippen MR) is 174 cm³/mol. The Morgan fingerprint density at radius 1 is 0.767 bits per heavy atom. The minimum absolute atomic E-state index is 0.155.